The fourth-order valence-corrected chi connectivity index (χ4v) is 1.57. The molecule has 1 rings (SSSR count). The third-order valence-corrected chi connectivity index (χ3v) is 2.64. The third-order valence-electron chi connectivity index (χ3n) is 2.03. The number of anilines is 1. The molecule has 0 radical (unpaired) electrons. The summed E-state index contributed by atoms with van der Waals surface area (Å²) in [6.07, 6.45) is 0.359. The van der Waals surface area contributed by atoms with E-state index in [0.29, 0.717) is 12.1 Å². The van der Waals surface area contributed by atoms with E-state index in [2.05, 4.69) is 26.6 Å². The molecule has 0 aromatic heterocycles. The van der Waals surface area contributed by atoms with Crippen molar-refractivity contribution >= 4 is 33.6 Å². The molecule has 0 spiro atoms. The molecule has 1 aromatic carbocycles. The number of carboxylic acids is 1. The lowest BCUT2D eigenvalue weighted by Gasteiger charge is -2.07. The predicted molar refractivity (Wildman–Crippen MR) is 68.0 cm³/mol. The van der Waals surface area contributed by atoms with Crippen LogP contribution in [0, 0.1) is 5.82 Å². The lowest BCUT2D eigenvalue weighted by molar-refractivity contribution is -0.137. The van der Waals surface area contributed by atoms with Gasteiger partial charge in [-0.05, 0) is 40.5 Å². The van der Waals surface area contributed by atoms with Crippen LogP contribution < -0.4 is 10.6 Å². The van der Waals surface area contributed by atoms with Gasteiger partial charge in [0, 0.05) is 18.7 Å². The van der Waals surface area contributed by atoms with E-state index in [9.17, 15) is 14.0 Å². The average Bonchev–Trinajstić information content (AvgIpc) is 2.29. The lowest BCUT2D eigenvalue weighted by atomic mass is 10.3. The topological polar surface area (TPSA) is 78.4 Å². The summed E-state index contributed by atoms with van der Waals surface area (Å²) in [4.78, 5) is 21.6. The molecule has 1 aromatic rings. The first-order valence-corrected chi connectivity index (χ1v) is 6.00. The number of carboxylic acid groups (broad SMARTS) is 1. The lowest BCUT2D eigenvalue weighted by Crippen LogP contribution is -2.29. The van der Waals surface area contributed by atoms with Gasteiger partial charge in [-0.15, -0.1) is 0 Å². The van der Waals surface area contributed by atoms with Crippen LogP contribution in [0.2, 0.25) is 0 Å². The smallest absolute Gasteiger partial charge is 0.319 e. The minimum Gasteiger partial charge on any atom is -0.481 e. The largest absolute Gasteiger partial charge is 0.481 e. The van der Waals surface area contributed by atoms with Crippen molar-refractivity contribution in [1.82, 2.24) is 5.32 Å². The van der Waals surface area contributed by atoms with Crippen LogP contribution >= 0.6 is 15.9 Å². The van der Waals surface area contributed by atoms with Crippen molar-refractivity contribution in [2.45, 2.75) is 12.8 Å². The maximum Gasteiger partial charge on any atom is 0.319 e. The molecule has 0 unspecified atom stereocenters. The van der Waals surface area contributed by atoms with Crippen molar-refractivity contribution in [2.24, 2.45) is 0 Å². The highest BCUT2D eigenvalue weighted by Crippen LogP contribution is 2.19. The Hall–Kier alpha value is -1.63. The number of benzene rings is 1. The van der Waals surface area contributed by atoms with Crippen LogP contribution in [0.3, 0.4) is 0 Å². The average molecular weight is 319 g/mol. The van der Waals surface area contributed by atoms with Crippen LogP contribution in [0.4, 0.5) is 14.9 Å². The van der Waals surface area contributed by atoms with Gasteiger partial charge in [0.2, 0.25) is 0 Å². The third kappa shape index (κ3) is 5.13. The Morgan fingerprint density at radius 1 is 1.39 bits per heavy atom. The number of carbonyl (C=O) groups excluding carboxylic acids is 1. The normalized spacial score (nSPS) is 9.89. The summed E-state index contributed by atoms with van der Waals surface area (Å²) in [6.45, 7) is 0.264. The SMILES string of the molecule is O=C(O)CCCNC(=O)Nc1ccc(F)c(Br)c1. The minimum atomic E-state index is -0.903. The van der Waals surface area contributed by atoms with E-state index in [1.54, 1.807) is 0 Å². The number of nitrogens with one attached hydrogen (secondary N) is 2. The van der Waals surface area contributed by atoms with Gasteiger partial charge in [-0.3, -0.25) is 4.79 Å². The molecule has 0 fully saturated rings. The van der Waals surface area contributed by atoms with Crippen LogP contribution in [0.1, 0.15) is 12.8 Å². The summed E-state index contributed by atoms with van der Waals surface area (Å²) in [5.41, 5.74) is 0.444. The van der Waals surface area contributed by atoms with Gasteiger partial charge < -0.3 is 15.7 Å². The monoisotopic (exact) mass is 318 g/mol. The van der Waals surface area contributed by atoms with E-state index >= 15 is 0 Å². The van der Waals surface area contributed by atoms with Gasteiger partial charge in [-0.25, -0.2) is 9.18 Å². The van der Waals surface area contributed by atoms with Crippen molar-refractivity contribution < 1.29 is 19.1 Å². The van der Waals surface area contributed by atoms with Gasteiger partial charge in [-0.1, -0.05) is 0 Å². The van der Waals surface area contributed by atoms with E-state index in [1.807, 2.05) is 0 Å². The second-order valence-corrected chi connectivity index (χ2v) is 4.36. The number of rotatable bonds is 5. The zero-order chi connectivity index (χ0) is 13.5. The quantitative estimate of drug-likeness (QED) is 0.730. The Morgan fingerprint density at radius 3 is 2.72 bits per heavy atom. The molecule has 2 amide bonds. The fourth-order valence-electron chi connectivity index (χ4n) is 1.19. The number of hydrogen-bond donors (Lipinski definition) is 3. The molecule has 3 N–H and O–H groups in total. The number of hydrogen-bond acceptors (Lipinski definition) is 2. The molecule has 7 heteroatoms. The van der Waals surface area contributed by atoms with Gasteiger partial charge >= 0.3 is 12.0 Å². The van der Waals surface area contributed by atoms with E-state index in [4.69, 9.17) is 5.11 Å². The van der Waals surface area contributed by atoms with E-state index in [1.165, 1.54) is 18.2 Å². The molecular weight excluding hydrogens is 307 g/mol. The Bertz CT molecular complexity index is 454. The highest BCUT2D eigenvalue weighted by atomic mass is 79.9. The number of urea groups is 1. The molecule has 0 heterocycles. The molecule has 0 saturated carbocycles. The molecule has 0 atom stereocenters. The van der Waals surface area contributed by atoms with Crippen LogP contribution in [-0.2, 0) is 4.79 Å². The van der Waals surface area contributed by atoms with Crippen molar-refractivity contribution in [3.63, 3.8) is 0 Å². The van der Waals surface area contributed by atoms with Crippen molar-refractivity contribution in [2.75, 3.05) is 11.9 Å². The van der Waals surface area contributed by atoms with Gasteiger partial charge in [0.1, 0.15) is 5.82 Å². The molecule has 0 aliphatic rings. The summed E-state index contributed by atoms with van der Waals surface area (Å²) in [5.74, 6) is -1.32. The van der Waals surface area contributed by atoms with Crippen LogP contribution in [0.25, 0.3) is 0 Å². The van der Waals surface area contributed by atoms with E-state index in [-0.39, 0.29) is 17.4 Å². The van der Waals surface area contributed by atoms with E-state index in [0.717, 1.165) is 0 Å². The van der Waals surface area contributed by atoms with Crippen LogP contribution in [0.5, 0.6) is 0 Å². The van der Waals surface area contributed by atoms with Crippen LogP contribution in [-0.4, -0.2) is 23.7 Å². The predicted octanol–water partition coefficient (Wildman–Crippen LogP) is 2.57. The maximum absolute atomic E-state index is 12.9. The Kier molecular flexibility index (Phi) is 5.57. The number of carbonyl (C=O) groups is 2. The van der Waals surface area contributed by atoms with Gasteiger partial charge in [0.05, 0.1) is 4.47 Å². The second-order valence-electron chi connectivity index (χ2n) is 3.51. The summed E-state index contributed by atoms with van der Waals surface area (Å²) in [6, 6.07) is 3.63. The minimum absolute atomic E-state index is 0.00236. The van der Waals surface area contributed by atoms with Crippen molar-refractivity contribution in [3.8, 4) is 0 Å². The second kappa shape index (κ2) is 6.95. The molecule has 0 saturated heterocycles. The number of aliphatic carboxylic acids is 1. The van der Waals surface area contributed by atoms with Crippen LogP contribution in [0.15, 0.2) is 22.7 Å². The highest BCUT2D eigenvalue weighted by Gasteiger charge is 2.04. The summed E-state index contributed by atoms with van der Waals surface area (Å²) in [5, 5.41) is 13.4. The molecule has 0 aliphatic carbocycles. The van der Waals surface area contributed by atoms with Crippen molar-refractivity contribution in [1.29, 1.82) is 0 Å². The molecular formula is C11H12BrFN2O3. The molecule has 18 heavy (non-hydrogen) atoms. The first-order chi connectivity index (χ1) is 8.49. The fraction of sp³-hybridized carbons (Fsp3) is 0.273. The first-order valence-electron chi connectivity index (χ1n) is 5.20. The Morgan fingerprint density at radius 2 is 2.11 bits per heavy atom. The molecule has 0 aliphatic heterocycles. The van der Waals surface area contributed by atoms with Gasteiger partial charge in [0.15, 0.2) is 0 Å². The first kappa shape index (κ1) is 14.4. The zero-order valence-corrected chi connectivity index (χ0v) is 11.0. The Labute approximate surface area is 112 Å². The highest BCUT2D eigenvalue weighted by molar-refractivity contribution is 9.10. The molecule has 5 nitrogen and oxygen atoms in total. The number of amides is 2. The van der Waals surface area contributed by atoms with Gasteiger partial charge in [0.25, 0.3) is 0 Å². The van der Waals surface area contributed by atoms with Gasteiger partial charge in [-0.2, -0.15) is 0 Å². The Balaban J connectivity index is 2.35. The standard InChI is InChI=1S/C11H12BrFN2O3/c12-8-6-7(3-4-9(8)13)15-11(18)14-5-1-2-10(16)17/h3-4,6H,1-2,5H2,(H,16,17)(H2,14,15,18). The zero-order valence-electron chi connectivity index (χ0n) is 9.37. The molecule has 0 bridgehead atoms. The number of halogens is 2. The van der Waals surface area contributed by atoms with Crippen molar-refractivity contribution in [3.05, 3.63) is 28.5 Å². The maximum atomic E-state index is 12.9. The summed E-state index contributed by atoms with van der Waals surface area (Å²) >= 11 is 3.00. The van der Waals surface area contributed by atoms with E-state index < -0.39 is 17.8 Å². The molecule has 98 valence electrons. The summed E-state index contributed by atoms with van der Waals surface area (Å²) < 4.78 is 13.2. The summed E-state index contributed by atoms with van der Waals surface area (Å²) in [7, 11) is 0.